The number of rotatable bonds is 1. The fraction of sp³-hybridized carbons (Fsp3) is 0.500. The van der Waals surface area contributed by atoms with E-state index < -0.39 is 0 Å². The summed E-state index contributed by atoms with van der Waals surface area (Å²) in [6.45, 7) is 0. The van der Waals surface area contributed by atoms with Gasteiger partial charge in [0.25, 0.3) is 0 Å². The Bertz CT molecular complexity index is 165. The summed E-state index contributed by atoms with van der Waals surface area (Å²) in [5.74, 6) is 0.860. The summed E-state index contributed by atoms with van der Waals surface area (Å²) < 4.78 is 0. The predicted molar refractivity (Wildman–Crippen MR) is 32.9 cm³/mol. The lowest BCUT2D eigenvalue weighted by Gasteiger charge is -1.80. The van der Waals surface area contributed by atoms with Crippen LogP contribution >= 0.6 is 11.3 Å². The third-order valence-electron chi connectivity index (χ3n) is 1.39. The largest absolute Gasteiger partial charge is 0.242 e. The van der Waals surface area contributed by atoms with E-state index in [0.717, 1.165) is 5.92 Å². The first-order chi connectivity index (χ1) is 3.97. The van der Waals surface area contributed by atoms with Crippen LogP contribution < -0.4 is 0 Å². The summed E-state index contributed by atoms with van der Waals surface area (Å²) in [6, 6.07) is 0. The second-order valence-electron chi connectivity index (χ2n) is 2.13. The molecular weight excluding hydrogens is 118 g/mol. The quantitative estimate of drug-likeness (QED) is 0.556. The third kappa shape index (κ3) is 0.650. The van der Waals surface area contributed by atoms with Crippen LogP contribution in [0.3, 0.4) is 0 Å². The molecule has 0 spiro atoms. The van der Waals surface area contributed by atoms with E-state index in [2.05, 4.69) is 10.5 Å². The van der Waals surface area contributed by atoms with Crippen LogP contribution in [-0.2, 0) is 0 Å². The Hall–Kier alpha value is -0.370. The van der Waals surface area contributed by atoms with Gasteiger partial charge in [-0.2, -0.15) is 0 Å². The third-order valence-corrected chi connectivity index (χ3v) is 2.26. The van der Waals surface area contributed by atoms with Crippen LogP contribution in [0.15, 0.2) is 6.20 Å². The molecular formula is C6H6NS. The molecule has 0 saturated heterocycles. The SMILES string of the molecule is [c]1ncc(C2CC2)s1. The highest BCUT2D eigenvalue weighted by atomic mass is 32.1. The molecule has 0 amide bonds. The second-order valence-corrected chi connectivity index (χ2v) is 2.99. The molecule has 1 heterocycles. The van der Waals surface area contributed by atoms with Crippen molar-refractivity contribution in [2.24, 2.45) is 0 Å². The summed E-state index contributed by atoms with van der Waals surface area (Å²) in [7, 11) is 0. The number of hydrogen-bond acceptors (Lipinski definition) is 2. The number of hydrogen-bond donors (Lipinski definition) is 0. The van der Waals surface area contributed by atoms with Gasteiger partial charge in [0.2, 0.25) is 0 Å². The number of nitrogens with zero attached hydrogens (tertiary/aromatic N) is 1. The van der Waals surface area contributed by atoms with Gasteiger partial charge in [-0.25, -0.2) is 4.98 Å². The molecule has 0 bridgehead atoms. The average molecular weight is 124 g/mol. The van der Waals surface area contributed by atoms with Crippen molar-refractivity contribution in [1.82, 2.24) is 4.98 Å². The van der Waals surface area contributed by atoms with Gasteiger partial charge in [-0.05, 0) is 18.8 Å². The van der Waals surface area contributed by atoms with Gasteiger partial charge in [0.05, 0.1) is 0 Å². The van der Waals surface area contributed by atoms with Crippen LogP contribution in [0.2, 0.25) is 0 Å². The van der Waals surface area contributed by atoms with Crippen molar-refractivity contribution in [2.75, 3.05) is 0 Å². The molecule has 1 radical (unpaired) electrons. The summed E-state index contributed by atoms with van der Waals surface area (Å²) in [6.07, 6.45) is 4.68. The molecule has 1 aromatic rings. The Balaban J connectivity index is 2.28. The molecule has 41 valence electrons. The molecule has 0 N–H and O–H groups in total. The van der Waals surface area contributed by atoms with Crippen molar-refractivity contribution >= 4 is 11.3 Å². The highest BCUT2D eigenvalue weighted by Crippen LogP contribution is 2.41. The molecule has 0 unspecified atom stereocenters. The minimum Gasteiger partial charge on any atom is -0.242 e. The normalized spacial score (nSPS) is 19.0. The predicted octanol–water partition coefficient (Wildman–Crippen LogP) is 1.82. The van der Waals surface area contributed by atoms with Crippen molar-refractivity contribution in [3.8, 4) is 0 Å². The summed E-state index contributed by atoms with van der Waals surface area (Å²) >= 11 is 1.66. The van der Waals surface area contributed by atoms with Gasteiger partial charge >= 0.3 is 0 Å². The van der Waals surface area contributed by atoms with E-state index in [-0.39, 0.29) is 0 Å². The van der Waals surface area contributed by atoms with E-state index in [0.29, 0.717) is 0 Å². The van der Waals surface area contributed by atoms with Gasteiger partial charge < -0.3 is 0 Å². The first-order valence-corrected chi connectivity index (χ1v) is 3.60. The maximum Gasteiger partial charge on any atom is 0.152 e. The number of aromatic nitrogens is 1. The molecule has 8 heavy (non-hydrogen) atoms. The van der Waals surface area contributed by atoms with Gasteiger partial charge in [-0.3, -0.25) is 0 Å². The van der Waals surface area contributed by atoms with Gasteiger partial charge in [-0.15, -0.1) is 11.3 Å². The molecule has 1 fully saturated rings. The van der Waals surface area contributed by atoms with Gasteiger partial charge in [0.15, 0.2) is 5.51 Å². The van der Waals surface area contributed by atoms with Gasteiger partial charge in [-0.1, -0.05) is 0 Å². The summed E-state index contributed by atoms with van der Waals surface area (Å²) in [5, 5.41) is 0. The van der Waals surface area contributed by atoms with Crippen molar-refractivity contribution in [2.45, 2.75) is 18.8 Å². The maximum absolute atomic E-state index is 3.88. The second kappa shape index (κ2) is 1.55. The molecule has 1 aliphatic carbocycles. The minimum atomic E-state index is 0.860. The van der Waals surface area contributed by atoms with Crippen molar-refractivity contribution in [1.29, 1.82) is 0 Å². The highest BCUT2D eigenvalue weighted by molar-refractivity contribution is 7.09. The molecule has 1 nitrogen and oxygen atoms in total. The molecule has 1 aromatic heterocycles. The Kier molecular flexibility index (Phi) is 0.875. The lowest BCUT2D eigenvalue weighted by molar-refractivity contribution is 1.16. The van der Waals surface area contributed by atoms with Crippen LogP contribution in [0, 0.1) is 5.51 Å². The number of thiazole rings is 1. The topological polar surface area (TPSA) is 12.9 Å². The monoisotopic (exact) mass is 124 g/mol. The van der Waals surface area contributed by atoms with E-state index >= 15 is 0 Å². The van der Waals surface area contributed by atoms with Gasteiger partial charge in [0, 0.05) is 11.1 Å². The average Bonchev–Trinajstić information content (AvgIpc) is 2.49. The molecule has 0 atom stereocenters. The highest BCUT2D eigenvalue weighted by Gasteiger charge is 2.24. The standard InChI is InChI=1S/C6H6NS/c1-2-5(1)6-3-7-4-8-6/h3,5H,1-2H2. The molecule has 2 heteroatoms. The fourth-order valence-electron chi connectivity index (χ4n) is 0.752. The molecule has 1 aliphatic rings. The maximum atomic E-state index is 3.88. The molecule has 1 saturated carbocycles. The zero-order valence-corrected chi connectivity index (χ0v) is 5.24. The van der Waals surface area contributed by atoms with E-state index in [1.807, 2.05) is 6.20 Å². The van der Waals surface area contributed by atoms with Crippen LogP contribution in [0.1, 0.15) is 23.6 Å². The van der Waals surface area contributed by atoms with Crippen molar-refractivity contribution < 1.29 is 0 Å². The minimum absolute atomic E-state index is 0.860. The first kappa shape index (κ1) is 4.50. The fourth-order valence-corrected chi connectivity index (χ4v) is 1.47. The van der Waals surface area contributed by atoms with Crippen LogP contribution in [-0.4, -0.2) is 4.98 Å². The zero-order chi connectivity index (χ0) is 5.40. The smallest absolute Gasteiger partial charge is 0.152 e. The van der Waals surface area contributed by atoms with Crippen molar-refractivity contribution in [3.05, 3.63) is 16.6 Å². The lowest BCUT2D eigenvalue weighted by Crippen LogP contribution is -1.64. The Morgan fingerprint density at radius 3 is 3.12 bits per heavy atom. The zero-order valence-electron chi connectivity index (χ0n) is 4.42. The van der Waals surface area contributed by atoms with Crippen LogP contribution in [0.4, 0.5) is 0 Å². The van der Waals surface area contributed by atoms with Crippen LogP contribution in [0.25, 0.3) is 0 Å². The van der Waals surface area contributed by atoms with Crippen LogP contribution in [0.5, 0.6) is 0 Å². The van der Waals surface area contributed by atoms with Gasteiger partial charge in [0.1, 0.15) is 0 Å². The Morgan fingerprint density at radius 1 is 1.75 bits per heavy atom. The summed E-state index contributed by atoms with van der Waals surface area (Å²) in [4.78, 5) is 5.30. The summed E-state index contributed by atoms with van der Waals surface area (Å²) in [5.41, 5.74) is 2.84. The molecule has 2 rings (SSSR count). The van der Waals surface area contributed by atoms with E-state index in [1.165, 1.54) is 17.7 Å². The first-order valence-electron chi connectivity index (χ1n) is 2.78. The Morgan fingerprint density at radius 2 is 2.62 bits per heavy atom. The van der Waals surface area contributed by atoms with E-state index in [4.69, 9.17) is 0 Å². The van der Waals surface area contributed by atoms with E-state index in [9.17, 15) is 0 Å². The Labute approximate surface area is 52.4 Å². The van der Waals surface area contributed by atoms with Crippen molar-refractivity contribution in [3.63, 3.8) is 0 Å². The van der Waals surface area contributed by atoms with E-state index in [1.54, 1.807) is 11.3 Å². The lowest BCUT2D eigenvalue weighted by atomic mass is 10.4. The molecule has 0 aliphatic heterocycles. The molecule has 0 aromatic carbocycles.